The van der Waals surface area contributed by atoms with E-state index < -0.39 is 23.9 Å². The van der Waals surface area contributed by atoms with Crippen molar-refractivity contribution in [1.82, 2.24) is 19.4 Å². The number of fused-ring (bicyclic) bond motifs is 5. The Hall–Kier alpha value is -3.74. The van der Waals surface area contributed by atoms with Gasteiger partial charge in [0.2, 0.25) is 5.95 Å². The van der Waals surface area contributed by atoms with E-state index in [0.29, 0.717) is 60.5 Å². The first-order chi connectivity index (χ1) is 19.3. The maximum absolute atomic E-state index is 15.4. The number of benzene rings is 1. The van der Waals surface area contributed by atoms with E-state index in [-0.39, 0.29) is 29.8 Å². The molecule has 2 saturated heterocycles. The molecule has 12 heteroatoms. The van der Waals surface area contributed by atoms with Crippen LogP contribution in [-0.4, -0.2) is 69.6 Å². The number of hydrogen-bond donors (Lipinski definition) is 1. The van der Waals surface area contributed by atoms with Gasteiger partial charge in [0.15, 0.2) is 0 Å². The standard InChI is InChI=1S/C28H26F3N5O4/c1-28(37)7-19(18-4-2-3-5-22(18)40-26(30)31)24-25(28)34-23-6-21(29)20(10-35(23)24)15-8-32-27(33-9-15)36-16-11-38-13-17(36)14-39-12-16/h2-6,8-10,16-17,19,26,37H,7,11-14H2,1H3/t16?,17?,19-,28-/m1/s1. The van der Waals surface area contributed by atoms with Crippen LogP contribution in [0.15, 0.2) is 48.9 Å². The fraction of sp³-hybridized carbons (Fsp3) is 0.393. The van der Waals surface area contributed by atoms with Gasteiger partial charge in [0.05, 0.1) is 49.9 Å². The van der Waals surface area contributed by atoms with Crippen molar-refractivity contribution in [3.05, 3.63) is 71.7 Å². The molecule has 9 nitrogen and oxygen atoms in total. The van der Waals surface area contributed by atoms with Crippen LogP contribution in [0.25, 0.3) is 16.8 Å². The highest BCUT2D eigenvalue weighted by Crippen LogP contribution is 2.50. The average molecular weight is 554 g/mol. The van der Waals surface area contributed by atoms with Crippen molar-refractivity contribution in [2.45, 2.75) is 43.6 Å². The van der Waals surface area contributed by atoms with Gasteiger partial charge in [0.25, 0.3) is 0 Å². The third-order valence-electron chi connectivity index (χ3n) is 7.91. The molecule has 1 aliphatic carbocycles. The van der Waals surface area contributed by atoms with Crippen LogP contribution in [0.3, 0.4) is 0 Å². The number of pyridine rings is 1. The summed E-state index contributed by atoms with van der Waals surface area (Å²) in [5, 5.41) is 11.2. The van der Waals surface area contributed by atoms with E-state index in [9.17, 15) is 13.9 Å². The molecule has 2 aliphatic heterocycles. The Morgan fingerprint density at radius 1 is 1.07 bits per heavy atom. The molecule has 208 valence electrons. The minimum atomic E-state index is -3.00. The monoisotopic (exact) mass is 553 g/mol. The number of rotatable bonds is 5. The minimum absolute atomic E-state index is 0.0154. The quantitative estimate of drug-likeness (QED) is 0.398. The SMILES string of the molecule is C[C@@]1(O)C[C@H](c2ccccc2OC(F)F)c2c1nc1cc(F)c(-c3cnc(N4C5COCC4COC5)nc3)cn21. The number of ether oxygens (including phenoxy) is 3. The molecule has 0 spiro atoms. The van der Waals surface area contributed by atoms with Crippen molar-refractivity contribution >= 4 is 11.6 Å². The van der Waals surface area contributed by atoms with Crippen molar-refractivity contribution in [1.29, 1.82) is 0 Å². The number of imidazole rings is 1. The van der Waals surface area contributed by atoms with Crippen LogP contribution in [0.2, 0.25) is 0 Å². The molecule has 4 aromatic rings. The van der Waals surface area contributed by atoms with Crippen LogP contribution in [0, 0.1) is 5.82 Å². The van der Waals surface area contributed by atoms with Crippen LogP contribution in [0.5, 0.6) is 5.75 Å². The lowest BCUT2D eigenvalue weighted by Gasteiger charge is -2.45. The Morgan fingerprint density at radius 2 is 1.75 bits per heavy atom. The Morgan fingerprint density at radius 3 is 2.42 bits per heavy atom. The number of morpholine rings is 2. The number of hydrogen-bond acceptors (Lipinski definition) is 8. The number of aromatic nitrogens is 4. The molecule has 5 heterocycles. The van der Waals surface area contributed by atoms with Gasteiger partial charge in [-0.2, -0.15) is 8.78 Å². The topological polar surface area (TPSA) is 94.2 Å². The minimum Gasteiger partial charge on any atom is -0.435 e. The second-order valence-electron chi connectivity index (χ2n) is 10.6. The van der Waals surface area contributed by atoms with E-state index >= 15 is 4.39 Å². The van der Waals surface area contributed by atoms with E-state index in [4.69, 9.17) is 14.2 Å². The summed E-state index contributed by atoms with van der Waals surface area (Å²) in [5.41, 5.74) is 1.09. The van der Waals surface area contributed by atoms with Crippen LogP contribution >= 0.6 is 0 Å². The summed E-state index contributed by atoms with van der Waals surface area (Å²) in [6.07, 6.45) is 4.95. The molecule has 0 unspecified atom stereocenters. The lowest BCUT2D eigenvalue weighted by Crippen LogP contribution is -2.60. The first kappa shape index (κ1) is 25.2. The molecule has 40 heavy (non-hydrogen) atoms. The molecule has 2 bridgehead atoms. The highest BCUT2D eigenvalue weighted by atomic mass is 19.3. The fourth-order valence-corrected chi connectivity index (χ4v) is 6.16. The summed E-state index contributed by atoms with van der Waals surface area (Å²) < 4.78 is 59.5. The summed E-state index contributed by atoms with van der Waals surface area (Å²) in [5.74, 6) is -0.496. The van der Waals surface area contributed by atoms with Gasteiger partial charge >= 0.3 is 6.61 Å². The van der Waals surface area contributed by atoms with Crippen LogP contribution in [0.1, 0.15) is 36.2 Å². The fourth-order valence-electron chi connectivity index (χ4n) is 6.16. The predicted octanol–water partition coefficient (Wildman–Crippen LogP) is 3.88. The Balaban J connectivity index is 1.30. The van der Waals surface area contributed by atoms with Crippen molar-refractivity contribution in [3.63, 3.8) is 0 Å². The first-order valence-corrected chi connectivity index (χ1v) is 13.0. The molecule has 1 N–H and O–H groups in total. The molecule has 3 aromatic heterocycles. The lowest BCUT2D eigenvalue weighted by atomic mass is 9.93. The molecular formula is C28H26F3N5O4. The molecule has 2 atom stereocenters. The second-order valence-corrected chi connectivity index (χ2v) is 10.6. The summed E-state index contributed by atoms with van der Waals surface area (Å²) in [6, 6.07) is 7.81. The van der Waals surface area contributed by atoms with Gasteiger partial charge in [-0.25, -0.2) is 19.3 Å². The molecule has 7 rings (SSSR count). The molecule has 0 saturated carbocycles. The second kappa shape index (κ2) is 9.43. The van der Waals surface area contributed by atoms with Crippen molar-refractivity contribution in [3.8, 4) is 16.9 Å². The van der Waals surface area contributed by atoms with E-state index in [2.05, 4.69) is 19.9 Å². The average Bonchev–Trinajstić information content (AvgIpc) is 3.42. The largest absolute Gasteiger partial charge is 0.435 e. The number of alkyl halides is 2. The predicted molar refractivity (Wildman–Crippen MR) is 137 cm³/mol. The normalized spacial score (nSPS) is 25.9. The van der Waals surface area contributed by atoms with Crippen molar-refractivity contribution in [2.24, 2.45) is 0 Å². The maximum atomic E-state index is 15.4. The van der Waals surface area contributed by atoms with Gasteiger partial charge in [0.1, 0.15) is 22.8 Å². The highest BCUT2D eigenvalue weighted by Gasteiger charge is 2.45. The molecule has 2 fully saturated rings. The summed E-state index contributed by atoms with van der Waals surface area (Å²) in [7, 11) is 0. The number of aliphatic hydroxyl groups is 1. The van der Waals surface area contributed by atoms with Gasteiger partial charge in [-0.15, -0.1) is 0 Å². The third-order valence-corrected chi connectivity index (χ3v) is 7.91. The molecule has 0 radical (unpaired) electrons. The zero-order chi connectivity index (χ0) is 27.6. The lowest BCUT2D eigenvalue weighted by molar-refractivity contribution is -0.0506. The molecule has 3 aliphatic rings. The molecule has 1 aromatic carbocycles. The number of para-hydroxylation sites is 1. The van der Waals surface area contributed by atoms with Crippen LogP contribution in [0.4, 0.5) is 19.1 Å². The maximum Gasteiger partial charge on any atom is 0.387 e. The van der Waals surface area contributed by atoms with Gasteiger partial charge in [-0.1, -0.05) is 18.2 Å². The third kappa shape index (κ3) is 4.09. The summed E-state index contributed by atoms with van der Waals surface area (Å²) in [4.78, 5) is 15.7. The van der Waals surface area contributed by atoms with Crippen molar-refractivity contribution in [2.75, 3.05) is 31.3 Å². The number of nitrogens with zero attached hydrogens (tertiary/aromatic N) is 5. The van der Waals surface area contributed by atoms with Crippen LogP contribution in [-0.2, 0) is 15.1 Å². The smallest absolute Gasteiger partial charge is 0.387 e. The first-order valence-electron chi connectivity index (χ1n) is 13.0. The molecule has 0 amide bonds. The number of anilines is 1. The van der Waals surface area contributed by atoms with Gasteiger partial charge in [-0.05, 0) is 19.4 Å². The highest BCUT2D eigenvalue weighted by molar-refractivity contribution is 5.66. The molecular weight excluding hydrogens is 527 g/mol. The van der Waals surface area contributed by atoms with E-state index in [0.717, 1.165) is 0 Å². The summed E-state index contributed by atoms with van der Waals surface area (Å²) >= 11 is 0. The van der Waals surface area contributed by atoms with Gasteiger partial charge in [0, 0.05) is 47.3 Å². The Labute approximate surface area is 227 Å². The van der Waals surface area contributed by atoms with E-state index in [1.165, 1.54) is 12.1 Å². The zero-order valence-electron chi connectivity index (χ0n) is 21.5. The van der Waals surface area contributed by atoms with Gasteiger partial charge in [-0.3, -0.25) is 0 Å². The zero-order valence-corrected chi connectivity index (χ0v) is 21.5. The Bertz CT molecular complexity index is 1560. The Kier molecular flexibility index (Phi) is 5.95. The van der Waals surface area contributed by atoms with Crippen molar-refractivity contribution < 1.29 is 32.5 Å². The summed E-state index contributed by atoms with van der Waals surface area (Å²) in [6.45, 7) is 0.705. The van der Waals surface area contributed by atoms with E-state index in [1.54, 1.807) is 48.1 Å². The van der Waals surface area contributed by atoms with E-state index in [1.807, 2.05) is 0 Å². The van der Waals surface area contributed by atoms with Gasteiger partial charge < -0.3 is 28.6 Å². The van der Waals surface area contributed by atoms with Crippen LogP contribution < -0.4 is 9.64 Å². The number of halogens is 3.